The Balaban J connectivity index is 1.93. The highest BCUT2D eigenvalue weighted by Crippen LogP contribution is 2.36. The first kappa shape index (κ1) is 29.4. The third-order valence-electron chi connectivity index (χ3n) is 6.27. The van der Waals surface area contributed by atoms with E-state index in [2.05, 4.69) is 6.58 Å². The second-order valence-electron chi connectivity index (χ2n) is 8.73. The van der Waals surface area contributed by atoms with Gasteiger partial charge in [0, 0.05) is 11.5 Å². The molecule has 13 nitrogen and oxygen atoms in total. The van der Waals surface area contributed by atoms with Gasteiger partial charge in [-0.2, -0.15) is 0 Å². The van der Waals surface area contributed by atoms with Crippen LogP contribution < -0.4 is 4.57 Å². The van der Waals surface area contributed by atoms with Crippen molar-refractivity contribution in [3.63, 3.8) is 0 Å². The van der Waals surface area contributed by atoms with Gasteiger partial charge in [-0.3, -0.25) is 0 Å². The van der Waals surface area contributed by atoms with Crippen LogP contribution in [0.4, 0.5) is 0 Å². The molecule has 38 heavy (non-hydrogen) atoms. The van der Waals surface area contributed by atoms with E-state index >= 15 is 0 Å². The number of esters is 1. The third kappa shape index (κ3) is 6.45. The van der Waals surface area contributed by atoms with E-state index in [9.17, 15) is 40.2 Å². The SMILES string of the molecule is C=C[C@H]1[C@H](O[C@@H]2O[C@H](CO)[C@@H](O)[C@H](O)[C@H]2O)OC=C(C(=O)OC)[C@H]1/C=C/c1cc(C(=O)O)c[n+](CCO)c1. The molecule has 0 spiro atoms. The van der Waals surface area contributed by atoms with Gasteiger partial charge in [-0.05, 0) is 6.07 Å². The number of allylic oxidation sites excluding steroid dienone is 1. The second-order valence-corrected chi connectivity index (χ2v) is 8.73. The van der Waals surface area contributed by atoms with Crippen molar-refractivity contribution in [1.29, 1.82) is 0 Å². The molecule has 0 aromatic carbocycles. The minimum Gasteiger partial charge on any atom is -0.477 e. The van der Waals surface area contributed by atoms with E-state index in [-0.39, 0.29) is 24.3 Å². The number of nitrogens with zero attached hydrogens (tertiary/aromatic N) is 1. The number of methoxy groups -OCH3 is 1. The molecule has 6 N–H and O–H groups in total. The fourth-order valence-corrected chi connectivity index (χ4v) is 4.24. The first-order valence-electron chi connectivity index (χ1n) is 11.7. The Kier molecular flexibility index (Phi) is 10.1. The predicted molar refractivity (Wildman–Crippen MR) is 127 cm³/mol. The summed E-state index contributed by atoms with van der Waals surface area (Å²) in [7, 11) is 1.19. The molecular formula is C25H32NO12+. The highest BCUT2D eigenvalue weighted by Gasteiger charge is 2.47. The molecule has 0 unspecified atom stereocenters. The van der Waals surface area contributed by atoms with Gasteiger partial charge in [-0.1, -0.05) is 18.2 Å². The lowest BCUT2D eigenvalue weighted by Gasteiger charge is -2.42. The van der Waals surface area contributed by atoms with Crippen molar-refractivity contribution < 1.29 is 63.7 Å². The Hall–Kier alpha value is -3.17. The summed E-state index contributed by atoms with van der Waals surface area (Å²) >= 11 is 0. The van der Waals surface area contributed by atoms with E-state index in [0.29, 0.717) is 5.56 Å². The average molecular weight is 539 g/mol. The summed E-state index contributed by atoms with van der Waals surface area (Å²) < 4.78 is 23.1. The van der Waals surface area contributed by atoms with Crippen molar-refractivity contribution in [3.05, 3.63) is 60.2 Å². The number of ether oxygens (including phenoxy) is 4. The topological polar surface area (TPSA) is 196 Å². The number of rotatable bonds is 10. The minimum atomic E-state index is -1.68. The predicted octanol–water partition coefficient (Wildman–Crippen LogP) is -1.67. The molecule has 1 saturated heterocycles. The standard InChI is InChI=1S/C25H31NO12/c1-3-15-16(5-4-13-8-14(22(32)33)10-26(9-13)6-7-27)17(23(34)35-2)12-36-24(15)38-25-21(31)20(30)19(29)18(11-28)37-25/h3-5,8-10,12,15-16,18-21,24-25,27-31H,1,6-7,11H2,2H3/p+1/b5-4+/t15-,16+,18-,19-,20+,21-,24+,25+/m1/s1. The number of aromatic nitrogens is 1. The Morgan fingerprint density at radius 1 is 1.13 bits per heavy atom. The molecule has 0 radical (unpaired) electrons. The molecule has 8 atom stereocenters. The molecule has 1 aromatic heterocycles. The molecule has 0 amide bonds. The third-order valence-corrected chi connectivity index (χ3v) is 6.27. The van der Waals surface area contributed by atoms with Crippen LogP contribution in [-0.2, 0) is 30.3 Å². The molecule has 3 rings (SSSR count). The van der Waals surface area contributed by atoms with E-state index in [1.165, 1.54) is 30.0 Å². The van der Waals surface area contributed by atoms with Gasteiger partial charge in [0.2, 0.25) is 6.29 Å². The largest absolute Gasteiger partial charge is 0.477 e. The Bertz CT molecular complexity index is 1070. The highest BCUT2D eigenvalue weighted by atomic mass is 16.8. The van der Waals surface area contributed by atoms with Gasteiger partial charge in [0.05, 0.1) is 31.5 Å². The zero-order valence-electron chi connectivity index (χ0n) is 20.6. The van der Waals surface area contributed by atoms with E-state index < -0.39 is 67.4 Å². The van der Waals surface area contributed by atoms with Crippen LogP contribution in [0.25, 0.3) is 6.08 Å². The van der Waals surface area contributed by atoms with Crippen molar-refractivity contribution in [2.45, 2.75) is 43.5 Å². The fraction of sp³-hybridized carbons (Fsp3) is 0.480. The number of carboxylic acids is 1. The first-order chi connectivity index (χ1) is 18.1. The quantitative estimate of drug-likeness (QED) is 0.113. The zero-order valence-corrected chi connectivity index (χ0v) is 20.6. The van der Waals surface area contributed by atoms with Crippen molar-refractivity contribution in [1.82, 2.24) is 0 Å². The van der Waals surface area contributed by atoms with Gasteiger partial charge in [-0.15, -0.1) is 6.58 Å². The van der Waals surface area contributed by atoms with Gasteiger partial charge < -0.3 is 49.6 Å². The number of carbonyl (C=O) groups excluding carboxylic acids is 1. The van der Waals surface area contributed by atoms with Gasteiger partial charge >= 0.3 is 11.9 Å². The van der Waals surface area contributed by atoms with E-state index in [1.54, 1.807) is 18.3 Å². The van der Waals surface area contributed by atoms with Crippen LogP contribution in [0.5, 0.6) is 0 Å². The number of carboxylic acid groups (broad SMARTS) is 1. The van der Waals surface area contributed by atoms with Crippen LogP contribution >= 0.6 is 0 Å². The molecule has 3 heterocycles. The Morgan fingerprint density at radius 2 is 1.87 bits per heavy atom. The molecular weight excluding hydrogens is 506 g/mol. The zero-order chi connectivity index (χ0) is 28.0. The maximum Gasteiger partial charge on any atom is 0.341 e. The molecule has 2 aliphatic heterocycles. The molecule has 1 fully saturated rings. The molecule has 13 heteroatoms. The van der Waals surface area contributed by atoms with Crippen LogP contribution in [0.2, 0.25) is 0 Å². The number of aromatic carboxylic acids is 1. The minimum absolute atomic E-state index is 0.0135. The summed E-state index contributed by atoms with van der Waals surface area (Å²) in [5.41, 5.74) is 0.545. The summed E-state index contributed by atoms with van der Waals surface area (Å²) in [4.78, 5) is 24.0. The van der Waals surface area contributed by atoms with Crippen molar-refractivity contribution in [2.24, 2.45) is 11.8 Å². The molecule has 0 saturated carbocycles. The smallest absolute Gasteiger partial charge is 0.341 e. The molecule has 208 valence electrons. The summed E-state index contributed by atoms with van der Waals surface area (Å²) in [6.07, 6.45) is -0.0762. The molecule has 2 aliphatic rings. The van der Waals surface area contributed by atoms with Crippen LogP contribution in [0.15, 0.2) is 49.0 Å². The first-order valence-corrected chi connectivity index (χ1v) is 11.7. The Labute approximate surface area is 218 Å². The normalized spacial score (nSPS) is 31.4. The van der Waals surface area contributed by atoms with Crippen LogP contribution in [-0.4, -0.2) is 99.9 Å². The fourth-order valence-electron chi connectivity index (χ4n) is 4.24. The van der Waals surface area contributed by atoms with Crippen LogP contribution in [0.3, 0.4) is 0 Å². The molecule has 1 aromatic rings. The van der Waals surface area contributed by atoms with E-state index in [0.717, 1.165) is 6.26 Å². The average Bonchev–Trinajstić information content (AvgIpc) is 2.91. The number of carbonyl (C=O) groups is 2. The lowest BCUT2D eigenvalue weighted by molar-refractivity contribution is -0.698. The second kappa shape index (κ2) is 13.1. The summed E-state index contributed by atoms with van der Waals surface area (Å²) in [5, 5.41) is 58.6. The van der Waals surface area contributed by atoms with Crippen molar-refractivity contribution in [3.8, 4) is 0 Å². The van der Waals surface area contributed by atoms with E-state index in [1.807, 2.05) is 0 Å². The number of pyridine rings is 1. The molecule has 0 aliphatic carbocycles. The number of hydrogen-bond donors (Lipinski definition) is 6. The maximum atomic E-state index is 12.5. The van der Waals surface area contributed by atoms with Crippen LogP contribution in [0.1, 0.15) is 15.9 Å². The lowest BCUT2D eigenvalue weighted by atomic mass is 9.83. The number of hydrogen-bond acceptors (Lipinski definition) is 11. The van der Waals surface area contributed by atoms with Gasteiger partial charge in [0.15, 0.2) is 25.2 Å². The summed E-state index contributed by atoms with van der Waals surface area (Å²) in [6.45, 7) is 3.10. The van der Waals surface area contributed by atoms with Gasteiger partial charge in [0.1, 0.15) is 36.6 Å². The van der Waals surface area contributed by atoms with Gasteiger partial charge in [0.25, 0.3) is 0 Å². The highest BCUT2D eigenvalue weighted by molar-refractivity contribution is 5.90. The maximum absolute atomic E-state index is 12.5. The monoisotopic (exact) mass is 538 g/mol. The van der Waals surface area contributed by atoms with Crippen molar-refractivity contribution >= 4 is 18.0 Å². The summed E-state index contributed by atoms with van der Waals surface area (Å²) in [5.74, 6) is -3.40. The van der Waals surface area contributed by atoms with Crippen LogP contribution in [0, 0.1) is 11.8 Å². The molecule has 0 bridgehead atoms. The van der Waals surface area contributed by atoms with E-state index in [4.69, 9.17) is 18.9 Å². The van der Waals surface area contributed by atoms with Crippen molar-refractivity contribution in [2.75, 3.05) is 20.3 Å². The van der Waals surface area contributed by atoms with Gasteiger partial charge in [-0.25, -0.2) is 14.2 Å². The summed E-state index contributed by atoms with van der Waals surface area (Å²) in [6, 6.07) is 1.42. The Morgan fingerprint density at radius 3 is 2.47 bits per heavy atom. The number of aliphatic hydroxyl groups excluding tert-OH is 5. The number of aliphatic hydroxyl groups is 5. The lowest BCUT2D eigenvalue weighted by Crippen LogP contribution is -2.60.